The molecule has 2 aromatic rings. The number of fused-ring (bicyclic) bond motifs is 1. The van der Waals surface area contributed by atoms with Crippen molar-refractivity contribution in [2.24, 2.45) is 0 Å². The van der Waals surface area contributed by atoms with Crippen molar-refractivity contribution in [2.45, 2.75) is 32.3 Å². The van der Waals surface area contributed by atoms with Crippen LogP contribution in [0, 0.1) is 5.82 Å². The van der Waals surface area contributed by atoms with Gasteiger partial charge in [-0.15, -0.1) is 0 Å². The van der Waals surface area contributed by atoms with Crippen molar-refractivity contribution in [1.82, 2.24) is 0 Å². The molecule has 2 aromatic carbocycles. The Balaban J connectivity index is 1.80. The fourth-order valence-corrected chi connectivity index (χ4v) is 2.58. The van der Waals surface area contributed by atoms with E-state index < -0.39 is 11.7 Å². The average Bonchev–Trinajstić information content (AvgIpc) is 2.47. The lowest BCUT2D eigenvalue weighted by Gasteiger charge is -2.32. The number of hydrogen-bond donors (Lipinski definition) is 1. The summed E-state index contributed by atoms with van der Waals surface area (Å²) in [6.45, 7) is 4.12. The Kier molecular flexibility index (Phi) is 3.61. The summed E-state index contributed by atoms with van der Waals surface area (Å²) in [6, 6.07) is 11.5. The number of benzene rings is 2. The van der Waals surface area contributed by atoms with Crippen LogP contribution < -0.4 is 10.1 Å². The van der Waals surface area contributed by atoms with E-state index in [2.05, 4.69) is 19.2 Å². The van der Waals surface area contributed by atoms with Gasteiger partial charge in [-0.05, 0) is 62.6 Å². The zero-order valence-corrected chi connectivity index (χ0v) is 12.7. The predicted octanol–water partition coefficient (Wildman–Crippen LogP) is 4.18. The van der Waals surface area contributed by atoms with Gasteiger partial charge in [-0.3, -0.25) is 4.79 Å². The lowest BCUT2D eigenvalue weighted by Crippen LogP contribution is -2.32. The molecule has 0 aliphatic carbocycles. The van der Waals surface area contributed by atoms with Gasteiger partial charge in [0.1, 0.15) is 17.2 Å². The van der Waals surface area contributed by atoms with Gasteiger partial charge in [0, 0.05) is 5.69 Å². The van der Waals surface area contributed by atoms with Crippen LogP contribution in [0.2, 0.25) is 0 Å². The highest BCUT2D eigenvalue weighted by molar-refractivity contribution is 6.04. The van der Waals surface area contributed by atoms with Crippen molar-refractivity contribution in [3.63, 3.8) is 0 Å². The third-order valence-electron chi connectivity index (χ3n) is 3.82. The number of ether oxygens (including phenoxy) is 1. The first kappa shape index (κ1) is 14.6. The molecule has 0 bridgehead atoms. The molecule has 0 saturated carbocycles. The number of anilines is 1. The lowest BCUT2D eigenvalue weighted by atomic mass is 9.94. The maximum absolute atomic E-state index is 13.6. The fourth-order valence-electron chi connectivity index (χ4n) is 2.58. The summed E-state index contributed by atoms with van der Waals surface area (Å²) in [5.41, 5.74) is 1.59. The molecule has 1 amide bonds. The molecule has 0 radical (unpaired) electrons. The van der Waals surface area contributed by atoms with Crippen LogP contribution in [0.15, 0.2) is 42.5 Å². The van der Waals surface area contributed by atoms with E-state index >= 15 is 0 Å². The number of carbonyl (C=O) groups is 1. The molecule has 0 saturated heterocycles. The summed E-state index contributed by atoms with van der Waals surface area (Å²) in [7, 11) is 0. The molecule has 4 heteroatoms. The molecule has 0 aromatic heterocycles. The van der Waals surface area contributed by atoms with E-state index in [1.165, 1.54) is 12.1 Å². The maximum atomic E-state index is 13.6. The normalized spacial score (nSPS) is 15.6. The Labute approximate surface area is 129 Å². The van der Waals surface area contributed by atoms with E-state index in [9.17, 15) is 9.18 Å². The van der Waals surface area contributed by atoms with Crippen molar-refractivity contribution < 1.29 is 13.9 Å². The van der Waals surface area contributed by atoms with Crippen molar-refractivity contribution in [1.29, 1.82) is 0 Å². The quantitative estimate of drug-likeness (QED) is 0.903. The van der Waals surface area contributed by atoms with Crippen molar-refractivity contribution in [3.05, 3.63) is 59.4 Å². The predicted molar refractivity (Wildman–Crippen MR) is 83.8 cm³/mol. The second-order valence-electron chi connectivity index (χ2n) is 6.12. The van der Waals surface area contributed by atoms with Crippen molar-refractivity contribution in [3.8, 4) is 5.75 Å². The van der Waals surface area contributed by atoms with Crippen LogP contribution in [0.25, 0.3) is 0 Å². The third kappa shape index (κ3) is 2.96. The van der Waals surface area contributed by atoms with E-state index in [1.807, 2.05) is 12.1 Å². The van der Waals surface area contributed by atoms with E-state index in [0.717, 1.165) is 24.2 Å². The number of rotatable bonds is 2. The summed E-state index contributed by atoms with van der Waals surface area (Å²) in [5, 5.41) is 2.74. The number of halogens is 1. The Hall–Kier alpha value is -2.36. The van der Waals surface area contributed by atoms with Gasteiger partial charge in [-0.2, -0.15) is 0 Å². The maximum Gasteiger partial charge on any atom is 0.258 e. The minimum absolute atomic E-state index is 0.0394. The molecule has 0 unspecified atom stereocenters. The van der Waals surface area contributed by atoms with Gasteiger partial charge >= 0.3 is 0 Å². The van der Waals surface area contributed by atoms with Gasteiger partial charge in [-0.25, -0.2) is 4.39 Å². The molecule has 0 atom stereocenters. The first-order valence-corrected chi connectivity index (χ1v) is 7.32. The number of carbonyl (C=O) groups excluding carboxylic acids is 1. The summed E-state index contributed by atoms with van der Waals surface area (Å²) >= 11 is 0. The Morgan fingerprint density at radius 1 is 1.23 bits per heavy atom. The van der Waals surface area contributed by atoms with Gasteiger partial charge < -0.3 is 10.1 Å². The lowest BCUT2D eigenvalue weighted by molar-refractivity contribution is 0.0847. The standard InChI is InChI=1S/C18H18FNO2/c1-18(2)10-9-12-11-13(7-8-16(12)22-18)20-17(21)14-5-3-4-6-15(14)19/h3-8,11H,9-10H2,1-2H3,(H,20,21). The fraction of sp³-hybridized carbons (Fsp3) is 0.278. The van der Waals surface area contributed by atoms with Crippen LogP contribution in [0.4, 0.5) is 10.1 Å². The molecular weight excluding hydrogens is 281 g/mol. The van der Waals surface area contributed by atoms with Crippen LogP contribution in [-0.2, 0) is 6.42 Å². The SMILES string of the molecule is CC1(C)CCc2cc(NC(=O)c3ccccc3F)ccc2O1. The topological polar surface area (TPSA) is 38.3 Å². The monoisotopic (exact) mass is 299 g/mol. The second-order valence-corrected chi connectivity index (χ2v) is 6.12. The smallest absolute Gasteiger partial charge is 0.258 e. The Morgan fingerprint density at radius 3 is 2.77 bits per heavy atom. The Bertz CT molecular complexity index is 725. The minimum atomic E-state index is -0.525. The van der Waals surface area contributed by atoms with Crippen molar-refractivity contribution >= 4 is 11.6 Å². The summed E-state index contributed by atoms with van der Waals surface area (Å²) < 4.78 is 19.5. The Morgan fingerprint density at radius 2 is 2.00 bits per heavy atom. The van der Waals surface area contributed by atoms with Crippen LogP contribution in [-0.4, -0.2) is 11.5 Å². The number of amides is 1. The first-order valence-electron chi connectivity index (χ1n) is 7.32. The molecule has 3 rings (SSSR count). The van der Waals surface area contributed by atoms with E-state index in [0.29, 0.717) is 5.69 Å². The van der Waals surface area contributed by atoms with Gasteiger partial charge in [0.25, 0.3) is 5.91 Å². The summed E-state index contributed by atoms with van der Waals surface area (Å²) in [4.78, 5) is 12.1. The molecule has 0 fully saturated rings. The molecule has 1 heterocycles. The highest BCUT2D eigenvalue weighted by Gasteiger charge is 2.26. The first-order chi connectivity index (χ1) is 10.4. The highest BCUT2D eigenvalue weighted by atomic mass is 19.1. The molecule has 1 aliphatic rings. The van der Waals surface area contributed by atoms with Crippen LogP contribution in [0.3, 0.4) is 0 Å². The van der Waals surface area contributed by atoms with Crippen molar-refractivity contribution in [2.75, 3.05) is 5.32 Å². The second kappa shape index (κ2) is 5.44. The van der Waals surface area contributed by atoms with E-state index in [1.54, 1.807) is 18.2 Å². The van der Waals surface area contributed by atoms with Crippen LogP contribution in [0.5, 0.6) is 5.75 Å². The van der Waals surface area contributed by atoms with Gasteiger partial charge in [0.05, 0.1) is 5.56 Å². The summed E-state index contributed by atoms with van der Waals surface area (Å²) in [6.07, 6.45) is 1.82. The zero-order chi connectivity index (χ0) is 15.7. The third-order valence-corrected chi connectivity index (χ3v) is 3.82. The molecule has 0 spiro atoms. The number of hydrogen-bond acceptors (Lipinski definition) is 2. The minimum Gasteiger partial charge on any atom is -0.488 e. The molecule has 22 heavy (non-hydrogen) atoms. The van der Waals surface area contributed by atoms with Gasteiger partial charge in [0.15, 0.2) is 0 Å². The largest absolute Gasteiger partial charge is 0.488 e. The summed E-state index contributed by atoms with van der Waals surface area (Å²) in [5.74, 6) is -0.127. The highest BCUT2D eigenvalue weighted by Crippen LogP contribution is 2.34. The van der Waals surface area contributed by atoms with E-state index in [4.69, 9.17) is 4.74 Å². The molecule has 114 valence electrons. The number of nitrogens with one attached hydrogen (secondary N) is 1. The van der Waals surface area contributed by atoms with Gasteiger partial charge in [-0.1, -0.05) is 12.1 Å². The molecular formula is C18H18FNO2. The van der Waals surface area contributed by atoms with Crippen LogP contribution in [0.1, 0.15) is 36.2 Å². The molecule has 3 nitrogen and oxygen atoms in total. The van der Waals surface area contributed by atoms with Crippen LogP contribution >= 0.6 is 0 Å². The average molecular weight is 299 g/mol. The van der Waals surface area contributed by atoms with E-state index in [-0.39, 0.29) is 11.2 Å². The van der Waals surface area contributed by atoms with Gasteiger partial charge in [0.2, 0.25) is 0 Å². The zero-order valence-electron chi connectivity index (χ0n) is 12.7. The number of aryl methyl sites for hydroxylation is 1. The molecule has 1 N–H and O–H groups in total. The molecule has 1 aliphatic heterocycles.